The predicted octanol–water partition coefficient (Wildman–Crippen LogP) is 3.60. The molecule has 0 fully saturated rings. The Kier molecular flexibility index (Phi) is 3.93. The highest BCUT2D eigenvalue weighted by Gasteiger charge is 2.27. The Morgan fingerprint density at radius 1 is 1.29 bits per heavy atom. The topological polar surface area (TPSA) is 29.5 Å². The number of para-hydroxylation sites is 1. The SMILES string of the molecule is Cc1cc(F)ccc1CC(O)C1CCOc2ccccc21. The zero-order valence-corrected chi connectivity index (χ0v) is 12.1. The fourth-order valence-electron chi connectivity index (χ4n) is 3.03. The second-order valence-corrected chi connectivity index (χ2v) is 5.62. The van der Waals surface area contributed by atoms with E-state index in [4.69, 9.17) is 4.74 Å². The maximum absolute atomic E-state index is 13.2. The molecule has 2 unspecified atom stereocenters. The zero-order valence-electron chi connectivity index (χ0n) is 12.1. The van der Waals surface area contributed by atoms with Gasteiger partial charge in [-0.3, -0.25) is 0 Å². The van der Waals surface area contributed by atoms with Crippen molar-refractivity contribution >= 4 is 0 Å². The van der Waals surface area contributed by atoms with E-state index in [1.165, 1.54) is 12.1 Å². The maximum Gasteiger partial charge on any atom is 0.123 e. The summed E-state index contributed by atoms with van der Waals surface area (Å²) in [4.78, 5) is 0. The molecular formula is C18H19FO2. The lowest BCUT2D eigenvalue weighted by atomic mass is 9.85. The minimum absolute atomic E-state index is 0.0689. The van der Waals surface area contributed by atoms with Crippen molar-refractivity contribution in [2.24, 2.45) is 0 Å². The Labute approximate surface area is 124 Å². The highest BCUT2D eigenvalue weighted by atomic mass is 19.1. The molecule has 2 aromatic rings. The Hall–Kier alpha value is -1.87. The number of benzene rings is 2. The summed E-state index contributed by atoms with van der Waals surface area (Å²) in [6.07, 6.45) is 0.850. The molecule has 0 aromatic heterocycles. The third kappa shape index (κ3) is 2.93. The first-order valence-corrected chi connectivity index (χ1v) is 7.30. The molecule has 2 atom stereocenters. The first-order chi connectivity index (χ1) is 10.1. The Bertz CT molecular complexity index is 639. The first kappa shape index (κ1) is 14.1. The summed E-state index contributed by atoms with van der Waals surface area (Å²) in [6, 6.07) is 12.6. The van der Waals surface area contributed by atoms with Gasteiger partial charge >= 0.3 is 0 Å². The molecule has 3 heteroatoms. The van der Waals surface area contributed by atoms with E-state index in [0.717, 1.165) is 28.9 Å². The average Bonchev–Trinajstić information content (AvgIpc) is 2.49. The van der Waals surface area contributed by atoms with Gasteiger partial charge in [-0.1, -0.05) is 24.3 Å². The van der Waals surface area contributed by atoms with Crippen molar-refractivity contribution in [2.45, 2.75) is 31.8 Å². The van der Waals surface area contributed by atoms with Crippen LogP contribution in [0.5, 0.6) is 5.75 Å². The van der Waals surface area contributed by atoms with E-state index in [0.29, 0.717) is 13.0 Å². The molecule has 0 amide bonds. The Morgan fingerprint density at radius 3 is 2.90 bits per heavy atom. The molecule has 1 N–H and O–H groups in total. The lowest BCUT2D eigenvalue weighted by Gasteiger charge is -2.29. The predicted molar refractivity (Wildman–Crippen MR) is 80.1 cm³/mol. The van der Waals surface area contributed by atoms with Crippen molar-refractivity contribution in [1.29, 1.82) is 0 Å². The molecule has 1 heterocycles. The molecule has 0 saturated heterocycles. The van der Waals surface area contributed by atoms with Gasteiger partial charge in [-0.25, -0.2) is 4.39 Å². The van der Waals surface area contributed by atoms with E-state index in [2.05, 4.69) is 0 Å². The molecule has 0 bridgehead atoms. The van der Waals surface area contributed by atoms with Gasteiger partial charge in [-0.2, -0.15) is 0 Å². The fourth-order valence-corrected chi connectivity index (χ4v) is 3.03. The summed E-state index contributed by atoms with van der Waals surface area (Å²) in [5.41, 5.74) is 2.94. The van der Waals surface area contributed by atoms with E-state index in [9.17, 15) is 9.50 Å². The molecule has 2 nitrogen and oxygen atoms in total. The van der Waals surface area contributed by atoms with Gasteiger partial charge in [0.1, 0.15) is 11.6 Å². The summed E-state index contributed by atoms with van der Waals surface area (Å²) < 4.78 is 18.8. The van der Waals surface area contributed by atoms with Crippen LogP contribution in [0.2, 0.25) is 0 Å². The number of hydrogen-bond donors (Lipinski definition) is 1. The molecule has 1 aliphatic heterocycles. The van der Waals surface area contributed by atoms with E-state index in [-0.39, 0.29) is 11.7 Å². The van der Waals surface area contributed by atoms with Crippen LogP contribution in [-0.4, -0.2) is 17.8 Å². The molecular weight excluding hydrogens is 267 g/mol. The summed E-state index contributed by atoms with van der Waals surface area (Å²) in [5.74, 6) is 0.699. The molecule has 0 radical (unpaired) electrons. The molecule has 1 aliphatic rings. The van der Waals surface area contributed by atoms with Gasteiger partial charge in [0, 0.05) is 5.92 Å². The van der Waals surface area contributed by atoms with Gasteiger partial charge in [-0.05, 0) is 54.7 Å². The first-order valence-electron chi connectivity index (χ1n) is 7.30. The highest BCUT2D eigenvalue weighted by Crippen LogP contribution is 2.36. The number of ether oxygens (including phenoxy) is 1. The van der Waals surface area contributed by atoms with Gasteiger partial charge in [0.25, 0.3) is 0 Å². The van der Waals surface area contributed by atoms with Crippen molar-refractivity contribution in [2.75, 3.05) is 6.61 Å². The zero-order chi connectivity index (χ0) is 14.8. The number of rotatable bonds is 3. The normalized spacial score (nSPS) is 18.7. The van der Waals surface area contributed by atoms with E-state index >= 15 is 0 Å². The molecule has 0 spiro atoms. The third-order valence-corrected chi connectivity index (χ3v) is 4.20. The average molecular weight is 286 g/mol. The smallest absolute Gasteiger partial charge is 0.123 e. The van der Waals surface area contributed by atoms with Crippen molar-refractivity contribution in [1.82, 2.24) is 0 Å². The second-order valence-electron chi connectivity index (χ2n) is 5.62. The van der Waals surface area contributed by atoms with Crippen LogP contribution in [0, 0.1) is 12.7 Å². The second kappa shape index (κ2) is 5.86. The Morgan fingerprint density at radius 2 is 2.10 bits per heavy atom. The van der Waals surface area contributed by atoms with E-state index in [1.807, 2.05) is 31.2 Å². The fraction of sp³-hybridized carbons (Fsp3) is 0.333. The largest absolute Gasteiger partial charge is 0.493 e. The maximum atomic E-state index is 13.2. The van der Waals surface area contributed by atoms with Crippen molar-refractivity contribution in [3.63, 3.8) is 0 Å². The number of hydrogen-bond acceptors (Lipinski definition) is 2. The summed E-state index contributed by atoms with van der Waals surface area (Å²) in [5, 5.41) is 10.6. The van der Waals surface area contributed by atoms with Gasteiger partial charge in [0.15, 0.2) is 0 Å². The van der Waals surface area contributed by atoms with Gasteiger partial charge in [-0.15, -0.1) is 0 Å². The Balaban J connectivity index is 1.81. The van der Waals surface area contributed by atoms with Crippen LogP contribution < -0.4 is 4.74 Å². The summed E-state index contributed by atoms with van der Waals surface area (Å²) in [6.45, 7) is 2.50. The highest BCUT2D eigenvalue weighted by molar-refractivity contribution is 5.39. The molecule has 3 rings (SSSR count). The van der Waals surface area contributed by atoms with Crippen LogP contribution in [0.3, 0.4) is 0 Å². The van der Waals surface area contributed by atoms with Gasteiger partial charge in [0.05, 0.1) is 12.7 Å². The standard InChI is InChI=1S/C18H19FO2/c1-12-10-14(19)7-6-13(12)11-17(20)15-8-9-21-18-5-3-2-4-16(15)18/h2-7,10,15,17,20H,8-9,11H2,1H3. The number of fused-ring (bicyclic) bond motifs is 1. The van der Waals surface area contributed by atoms with Crippen LogP contribution in [0.25, 0.3) is 0 Å². The third-order valence-electron chi connectivity index (χ3n) is 4.20. The number of aliphatic hydroxyl groups is 1. The van der Waals surface area contributed by atoms with Crippen molar-refractivity contribution < 1.29 is 14.2 Å². The van der Waals surface area contributed by atoms with Crippen LogP contribution >= 0.6 is 0 Å². The monoisotopic (exact) mass is 286 g/mol. The molecule has 110 valence electrons. The lowest BCUT2D eigenvalue weighted by molar-refractivity contribution is 0.116. The number of aliphatic hydroxyl groups excluding tert-OH is 1. The van der Waals surface area contributed by atoms with E-state index in [1.54, 1.807) is 6.07 Å². The summed E-state index contributed by atoms with van der Waals surface area (Å²) in [7, 11) is 0. The summed E-state index contributed by atoms with van der Waals surface area (Å²) >= 11 is 0. The van der Waals surface area contributed by atoms with Crippen LogP contribution in [0.15, 0.2) is 42.5 Å². The molecule has 0 aliphatic carbocycles. The quantitative estimate of drug-likeness (QED) is 0.934. The molecule has 0 saturated carbocycles. The molecule has 21 heavy (non-hydrogen) atoms. The van der Waals surface area contributed by atoms with Gasteiger partial charge < -0.3 is 9.84 Å². The number of halogens is 1. The van der Waals surface area contributed by atoms with Crippen LogP contribution in [-0.2, 0) is 6.42 Å². The lowest BCUT2D eigenvalue weighted by Crippen LogP contribution is -2.27. The van der Waals surface area contributed by atoms with Gasteiger partial charge in [0.2, 0.25) is 0 Å². The minimum Gasteiger partial charge on any atom is -0.493 e. The van der Waals surface area contributed by atoms with E-state index < -0.39 is 6.10 Å². The van der Waals surface area contributed by atoms with Crippen molar-refractivity contribution in [3.05, 3.63) is 65.0 Å². The van der Waals surface area contributed by atoms with Crippen LogP contribution in [0.1, 0.15) is 29.0 Å². The molecule has 2 aromatic carbocycles. The number of aryl methyl sites for hydroxylation is 1. The minimum atomic E-state index is -0.487. The van der Waals surface area contributed by atoms with Crippen LogP contribution in [0.4, 0.5) is 4.39 Å². The van der Waals surface area contributed by atoms with Crippen molar-refractivity contribution in [3.8, 4) is 5.75 Å².